The highest BCUT2D eigenvalue weighted by atomic mass is 31.2. The number of rotatable bonds is 8. The average Bonchev–Trinajstić information content (AvgIpc) is 2.74. The summed E-state index contributed by atoms with van der Waals surface area (Å²) in [5.41, 5.74) is 8.50. The smallest absolute Gasteiger partial charge is 0.395 e. The molecule has 0 aliphatic carbocycles. The maximum absolute atomic E-state index is 13.2. The summed E-state index contributed by atoms with van der Waals surface area (Å²) in [4.78, 5) is 2.50. The van der Waals surface area contributed by atoms with Crippen molar-refractivity contribution in [1.29, 1.82) is 0 Å². The molecule has 0 amide bonds. The molecule has 0 bridgehead atoms. The molecule has 0 saturated carbocycles. The van der Waals surface area contributed by atoms with E-state index in [1.165, 1.54) is 0 Å². The van der Waals surface area contributed by atoms with Crippen molar-refractivity contribution in [3.63, 3.8) is 0 Å². The predicted molar refractivity (Wildman–Crippen MR) is 104 cm³/mol. The molecule has 160 valence electrons. The van der Waals surface area contributed by atoms with Crippen LogP contribution in [0.5, 0.6) is 11.5 Å². The van der Waals surface area contributed by atoms with E-state index < -0.39 is 45.1 Å². The molecular weight excluding hydrogens is 417 g/mol. The molecule has 0 radical (unpaired) electrons. The summed E-state index contributed by atoms with van der Waals surface area (Å²) in [6.45, 7) is -0.560. The normalized spacial score (nSPS) is 26.4. The van der Waals surface area contributed by atoms with Crippen LogP contribution >= 0.6 is 7.82 Å². The molecule has 1 aliphatic heterocycles. The van der Waals surface area contributed by atoms with Crippen LogP contribution in [0.1, 0.15) is 0 Å². The van der Waals surface area contributed by atoms with Crippen molar-refractivity contribution >= 4 is 7.82 Å². The number of aliphatic hydroxyl groups excluding tert-OH is 3. The first-order valence-electron chi connectivity index (χ1n) is 8.89. The van der Waals surface area contributed by atoms with Crippen LogP contribution in [0.2, 0.25) is 0 Å². The highest BCUT2D eigenvalue weighted by molar-refractivity contribution is 7.49. The van der Waals surface area contributed by atoms with Gasteiger partial charge in [-0.05, 0) is 29.8 Å². The van der Waals surface area contributed by atoms with Gasteiger partial charge >= 0.3 is 7.82 Å². The fraction of sp³-hybridized carbons (Fsp3) is 0.333. The van der Waals surface area contributed by atoms with Crippen molar-refractivity contribution in [2.24, 2.45) is 5.11 Å². The van der Waals surface area contributed by atoms with E-state index in [-0.39, 0.29) is 11.5 Å². The zero-order valence-corrected chi connectivity index (χ0v) is 16.4. The van der Waals surface area contributed by atoms with Crippen molar-refractivity contribution in [2.75, 3.05) is 6.61 Å². The van der Waals surface area contributed by atoms with E-state index in [0.717, 1.165) is 0 Å². The van der Waals surface area contributed by atoms with E-state index in [2.05, 4.69) is 10.0 Å². The van der Waals surface area contributed by atoms with Gasteiger partial charge in [-0.2, -0.15) is 0 Å². The molecule has 5 atom stereocenters. The Morgan fingerprint density at radius 2 is 1.50 bits per heavy atom. The van der Waals surface area contributed by atoms with Gasteiger partial charge in [0.15, 0.2) is 6.29 Å². The van der Waals surface area contributed by atoms with Crippen molar-refractivity contribution in [3.8, 4) is 11.5 Å². The second kappa shape index (κ2) is 9.92. The largest absolute Gasteiger partial charge is 0.587 e. The summed E-state index contributed by atoms with van der Waals surface area (Å²) in [5.74, 6) is 0.427. The Kier molecular flexibility index (Phi) is 7.30. The third-order valence-electron chi connectivity index (χ3n) is 4.19. The molecule has 2 aromatic rings. The van der Waals surface area contributed by atoms with Gasteiger partial charge in [-0.25, -0.2) is 4.57 Å². The molecule has 1 saturated heterocycles. The number of aliphatic hydroxyl groups is 3. The van der Waals surface area contributed by atoms with Crippen molar-refractivity contribution in [1.82, 2.24) is 0 Å². The lowest BCUT2D eigenvalue weighted by Gasteiger charge is -2.38. The van der Waals surface area contributed by atoms with Gasteiger partial charge in [-0.15, -0.1) is 0 Å². The Labute approximate surface area is 171 Å². The van der Waals surface area contributed by atoms with Crippen molar-refractivity contribution in [2.45, 2.75) is 30.6 Å². The Morgan fingerprint density at radius 3 is 2.00 bits per heavy atom. The average molecular weight is 437 g/mol. The molecule has 3 N–H and O–H groups in total. The second-order valence-corrected chi connectivity index (χ2v) is 7.81. The van der Waals surface area contributed by atoms with Crippen LogP contribution in [0.4, 0.5) is 0 Å². The molecule has 2 aromatic carbocycles. The molecule has 0 unspecified atom stereocenters. The third-order valence-corrected chi connectivity index (χ3v) is 5.52. The Morgan fingerprint density at radius 1 is 0.967 bits per heavy atom. The van der Waals surface area contributed by atoms with Crippen LogP contribution in [0, 0.1) is 0 Å². The summed E-state index contributed by atoms with van der Waals surface area (Å²) in [6, 6.07) is 14.9. The number of ether oxygens (including phenoxy) is 1. The first kappa shape index (κ1) is 22.1. The zero-order chi connectivity index (χ0) is 21.6. The minimum atomic E-state index is -4.26. The lowest BCUT2D eigenvalue weighted by molar-refractivity contribution is -0.247. The van der Waals surface area contributed by atoms with Crippen LogP contribution in [0.3, 0.4) is 0 Å². The standard InChI is InChI=1S/C18H20N3O8P/c19-21-20-15-17(23)16(22)14(27-18(15)24)11-26-30(25,28-12-7-3-1-4-8-12)29-13-9-5-2-6-10-13/h1-10,14-18,22-24H,11H2/t14-,15-,16-,17-,18-/m1/s1. The van der Waals surface area contributed by atoms with Gasteiger partial charge in [-0.1, -0.05) is 41.5 Å². The van der Waals surface area contributed by atoms with E-state index in [4.69, 9.17) is 23.8 Å². The monoisotopic (exact) mass is 437 g/mol. The van der Waals surface area contributed by atoms with Crippen LogP contribution in [0.25, 0.3) is 10.4 Å². The van der Waals surface area contributed by atoms with Crippen LogP contribution < -0.4 is 9.05 Å². The van der Waals surface area contributed by atoms with Gasteiger partial charge in [0.25, 0.3) is 0 Å². The van der Waals surface area contributed by atoms with Gasteiger partial charge in [0.1, 0.15) is 29.7 Å². The molecule has 3 rings (SSSR count). The SMILES string of the molecule is [N-]=[N+]=N[C@@H]1[C@@H](O)[C@H](O)[C@@H](COP(=O)(Oc2ccccc2)Oc2ccccc2)O[C@H]1O. The molecule has 0 spiro atoms. The maximum atomic E-state index is 13.2. The fourth-order valence-corrected chi connectivity index (χ4v) is 3.94. The van der Waals surface area contributed by atoms with Gasteiger partial charge < -0.3 is 29.1 Å². The first-order chi connectivity index (χ1) is 14.4. The van der Waals surface area contributed by atoms with E-state index in [1.807, 2.05) is 0 Å². The van der Waals surface area contributed by atoms with Gasteiger partial charge in [0.2, 0.25) is 0 Å². The fourth-order valence-electron chi connectivity index (χ4n) is 2.71. The topological polar surface area (TPSA) is 163 Å². The third kappa shape index (κ3) is 5.50. The number of benzene rings is 2. The summed E-state index contributed by atoms with van der Waals surface area (Å²) in [5, 5.41) is 33.4. The molecule has 12 heteroatoms. The highest BCUT2D eigenvalue weighted by Crippen LogP contribution is 2.50. The number of phosphoric acid groups is 1. The van der Waals surface area contributed by atoms with Crippen LogP contribution in [-0.2, 0) is 13.8 Å². The summed E-state index contributed by atoms with van der Waals surface area (Å²) in [7, 11) is -4.26. The number of azide groups is 1. The van der Waals surface area contributed by atoms with Crippen molar-refractivity contribution < 1.29 is 38.2 Å². The number of phosphoric ester groups is 1. The van der Waals surface area contributed by atoms with Gasteiger partial charge in [-0.3, -0.25) is 4.52 Å². The summed E-state index contributed by atoms with van der Waals surface area (Å²) < 4.78 is 34.6. The lowest BCUT2D eigenvalue weighted by Crippen LogP contribution is -2.57. The van der Waals surface area contributed by atoms with Crippen molar-refractivity contribution in [3.05, 3.63) is 71.1 Å². The maximum Gasteiger partial charge on any atom is 0.587 e. The first-order valence-corrected chi connectivity index (χ1v) is 10.4. The van der Waals surface area contributed by atoms with E-state index in [1.54, 1.807) is 60.7 Å². The Balaban J connectivity index is 1.74. The van der Waals surface area contributed by atoms with Gasteiger partial charge in [0.05, 0.1) is 12.7 Å². The molecule has 0 aromatic heterocycles. The predicted octanol–water partition coefficient (Wildman–Crippen LogP) is 2.39. The molecule has 30 heavy (non-hydrogen) atoms. The van der Waals surface area contributed by atoms with E-state index >= 15 is 0 Å². The number of nitrogens with zero attached hydrogens (tertiary/aromatic N) is 3. The summed E-state index contributed by atoms with van der Waals surface area (Å²) in [6.07, 6.45) is -6.21. The summed E-state index contributed by atoms with van der Waals surface area (Å²) >= 11 is 0. The minimum Gasteiger partial charge on any atom is -0.395 e. The molecule has 1 aliphatic rings. The Hall–Kier alpha value is -2.62. The van der Waals surface area contributed by atoms with Crippen LogP contribution in [0.15, 0.2) is 65.8 Å². The van der Waals surface area contributed by atoms with E-state index in [0.29, 0.717) is 0 Å². The second-order valence-electron chi connectivity index (χ2n) is 6.29. The number of hydrogen-bond donors (Lipinski definition) is 3. The molecule has 1 fully saturated rings. The highest BCUT2D eigenvalue weighted by Gasteiger charge is 2.45. The Bertz CT molecular complexity index is 867. The minimum absolute atomic E-state index is 0.213. The molecule has 1 heterocycles. The molecule has 11 nitrogen and oxygen atoms in total. The number of para-hydroxylation sites is 2. The number of hydrogen-bond acceptors (Lipinski definition) is 9. The van der Waals surface area contributed by atoms with Gasteiger partial charge in [0, 0.05) is 4.91 Å². The molecular formula is C18H20N3O8P. The van der Waals surface area contributed by atoms with E-state index in [9.17, 15) is 19.9 Å². The lowest BCUT2D eigenvalue weighted by atomic mass is 9.98. The zero-order valence-electron chi connectivity index (χ0n) is 15.5. The quantitative estimate of drug-likeness (QED) is 0.245. The van der Waals surface area contributed by atoms with Crippen LogP contribution in [-0.4, -0.2) is 52.6 Å².